The Labute approximate surface area is 101 Å². The molecule has 3 nitrogen and oxygen atoms in total. The third-order valence-electron chi connectivity index (χ3n) is 2.50. The summed E-state index contributed by atoms with van der Waals surface area (Å²) in [6.07, 6.45) is 0. The third-order valence-corrected chi connectivity index (χ3v) is 2.66. The molecule has 0 radical (unpaired) electrons. The molecule has 0 saturated heterocycles. The molecule has 1 aromatic heterocycles. The molecule has 0 saturated carbocycles. The van der Waals surface area contributed by atoms with E-state index < -0.39 is 0 Å². The number of rotatable bonds is 1. The predicted octanol–water partition coefficient (Wildman–Crippen LogP) is 3.68. The van der Waals surface area contributed by atoms with Gasteiger partial charge in [-0.05, 0) is 34.3 Å². The Morgan fingerprint density at radius 2 is 1.82 bits per heavy atom. The minimum Gasteiger partial charge on any atom is -0.333 e. The smallest absolute Gasteiger partial charge is 0.264 e. The van der Waals surface area contributed by atoms with Crippen LogP contribution in [-0.2, 0) is 0 Å². The van der Waals surface area contributed by atoms with Gasteiger partial charge in [0.2, 0.25) is 0 Å². The van der Waals surface area contributed by atoms with E-state index in [2.05, 4.69) is 10.1 Å². The average molecular weight is 249 g/mol. The highest BCUT2D eigenvalue weighted by molar-refractivity contribution is 6.28. The van der Waals surface area contributed by atoms with Gasteiger partial charge in [-0.2, -0.15) is 4.98 Å². The van der Waals surface area contributed by atoms with Gasteiger partial charge in [-0.3, -0.25) is 0 Å². The average Bonchev–Trinajstić information content (AvgIpc) is 2.77. The number of aromatic nitrogens is 2. The van der Waals surface area contributed by atoms with Gasteiger partial charge in [0.25, 0.3) is 11.2 Å². The Kier molecular flexibility index (Phi) is 2.30. The van der Waals surface area contributed by atoms with Crippen LogP contribution in [0.15, 0.2) is 40.9 Å². The van der Waals surface area contributed by atoms with Crippen LogP contribution < -0.4 is 0 Å². The van der Waals surface area contributed by atoms with Crippen LogP contribution in [0.4, 0.5) is 4.39 Å². The van der Waals surface area contributed by atoms with Crippen molar-refractivity contribution in [2.45, 2.75) is 0 Å². The molecule has 0 aliphatic carbocycles. The Bertz CT molecular complexity index is 696. The van der Waals surface area contributed by atoms with E-state index >= 15 is 0 Å². The normalized spacial score (nSPS) is 10.9. The minimum absolute atomic E-state index is 0.0356. The number of hydrogen-bond donors (Lipinski definition) is 0. The second-order valence-corrected chi connectivity index (χ2v) is 3.85. The molecule has 0 aliphatic heterocycles. The summed E-state index contributed by atoms with van der Waals surface area (Å²) in [6.45, 7) is 0. The van der Waals surface area contributed by atoms with E-state index in [4.69, 9.17) is 16.1 Å². The molecule has 17 heavy (non-hydrogen) atoms. The van der Waals surface area contributed by atoms with Crippen LogP contribution in [0.25, 0.3) is 22.2 Å². The maximum Gasteiger partial charge on any atom is 0.264 e. The first-order chi connectivity index (χ1) is 8.25. The molecule has 0 N–H and O–H groups in total. The van der Waals surface area contributed by atoms with Crippen molar-refractivity contribution in [1.82, 2.24) is 10.1 Å². The highest BCUT2D eigenvalue weighted by atomic mass is 35.5. The molecule has 0 atom stereocenters. The number of halogens is 2. The maximum absolute atomic E-state index is 13.6. The lowest BCUT2D eigenvalue weighted by molar-refractivity contribution is 0.430. The van der Waals surface area contributed by atoms with Gasteiger partial charge < -0.3 is 4.52 Å². The van der Waals surface area contributed by atoms with Crippen LogP contribution in [0.2, 0.25) is 5.28 Å². The van der Waals surface area contributed by atoms with E-state index in [9.17, 15) is 4.39 Å². The SMILES string of the molecule is Fc1ccc(-c2nc(Cl)no2)c2ccccc12. The molecule has 3 aromatic rings. The van der Waals surface area contributed by atoms with E-state index in [0.29, 0.717) is 16.3 Å². The molecule has 0 unspecified atom stereocenters. The summed E-state index contributed by atoms with van der Waals surface area (Å²) >= 11 is 5.60. The van der Waals surface area contributed by atoms with Gasteiger partial charge in [0.1, 0.15) is 5.82 Å². The van der Waals surface area contributed by atoms with Crippen molar-refractivity contribution >= 4 is 22.4 Å². The number of hydrogen-bond acceptors (Lipinski definition) is 3. The lowest BCUT2D eigenvalue weighted by Gasteiger charge is -2.02. The fourth-order valence-corrected chi connectivity index (χ4v) is 1.87. The summed E-state index contributed by atoms with van der Waals surface area (Å²) in [7, 11) is 0. The molecule has 0 aliphatic rings. The fourth-order valence-electron chi connectivity index (χ4n) is 1.76. The van der Waals surface area contributed by atoms with Crippen molar-refractivity contribution in [2.75, 3.05) is 0 Å². The van der Waals surface area contributed by atoms with Crippen molar-refractivity contribution in [3.05, 3.63) is 47.5 Å². The first kappa shape index (κ1) is 10.2. The van der Waals surface area contributed by atoms with Crippen LogP contribution in [-0.4, -0.2) is 10.1 Å². The summed E-state index contributed by atoms with van der Waals surface area (Å²) in [6, 6.07) is 10.1. The Hall–Kier alpha value is -1.94. The zero-order chi connectivity index (χ0) is 11.8. The van der Waals surface area contributed by atoms with Gasteiger partial charge >= 0.3 is 0 Å². The van der Waals surface area contributed by atoms with Crippen molar-refractivity contribution in [3.8, 4) is 11.5 Å². The van der Waals surface area contributed by atoms with Crippen molar-refractivity contribution in [2.24, 2.45) is 0 Å². The molecule has 5 heteroatoms. The van der Waals surface area contributed by atoms with Crippen LogP contribution in [0.1, 0.15) is 0 Å². The number of nitrogens with zero attached hydrogens (tertiary/aromatic N) is 2. The quantitative estimate of drug-likeness (QED) is 0.659. The van der Waals surface area contributed by atoms with Crippen LogP contribution in [0.3, 0.4) is 0 Å². The highest BCUT2D eigenvalue weighted by Gasteiger charge is 2.12. The molecule has 84 valence electrons. The van der Waals surface area contributed by atoms with Gasteiger partial charge in [-0.1, -0.05) is 24.3 Å². The Morgan fingerprint density at radius 3 is 2.53 bits per heavy atom. The van der Waals surface area contributed by atoms with Crippen LogP contribution in [0.5, 0.6) is 0 Å². The van der Waals surface area contributed by atoms with Gasteiger partial charge in [0, 0.05) is 10.9 Å². The molecule has 0 bridgehead atoms. The lowest BCUT2D eigenvalue weighted by atomic mass is 10.0. The summed E-state index contributed by atoms with van der Waals surface area (Å²) in [5, 5.41) is 4.77. The van der Waals surface area contributed by atoms with Crippen LogP contribution in [0, 0.1) is 5.82 Å². The Balaban J connectivity index is 2.34. The summed E-state index contributed by atoms with van der Waals surface area (Å²) < 4.78 is 18.6. The predicted molar refractivity (Wildman–Crippen MR) is 62.2 cm³/mol. The fraction of sp³-hybridized carbons (Fsp3) is 0. The van der Waals surface area contributed by atoms with Crippen molar-refractivity contribution < 1.29 is 8.91 Å². The second-order valence-electron chi connectivity index (χ2n) is 3.51. The van der Waals surface area contributed by atoms with E-state index in [-0.39, 0.29) is 17.0 Å². The molecular formula is C12H6ClFN2O. The second kappa shape index (κ2) is 3.82. The zero-order valence-electron chi connectivity index (χ0n) is 8.52. The molecular weight excluding hydrogens is 243 g/mol. The zero-order valence-corrected chi connectivity index (χ0v) is 9.28. The van der Waals surface area contributed by atoms with Crippen molar-refractivity contribution in [3.63, 3.8) is 0 Å². The number of benzene rings is 2. The van der Waals surface area contributed by atoms with E-state index in [0.717, 1.165) is 0 Å². The largest absolute Gasteiger partial charge is 0.333 e. The highest BCUT2D eigenvalue weighted by Crippen LogP contribution is 2.29. The molecule has 3 rings (SSSR count). The van der Waals surface area contributed by atoms with Gasteiger partial charge in [0.05, 0.1) is 0 Å². The molecule has 2 aromatic carbocycles. The van der Waals surface area contributed by atoms with E-state index in [1.807, 2.05) is 6.07 Å². The third kappa shape index (κ3) is 1.66. The van der Waals surface area contributed by atoms with Crippen LogP contribution >= 0.6 is 11.6 Å². The molecule has 0 spiro atoms. The van der Waals surface area contributed by atoms with Gasteiger partial charge in [0.15, 0.2) is 0 Å². The summed E-state index contributed by atoms with van der Waals surface area (Å²) in [5.74, 6) is 0.00108. The van der Waals surface area contributed by atoms with Crippen molar-refractivity contribution in [1.29, 1.82) is 0 Å². The molecule has 0 amide bonds. The first-order valence-corrected chi connectivity index (χ1v) is 5.30. The summed E-state index contributed by atoms with van der Waals surface area (Å²) in [4.78, 5) is 3.93. The standard InChI is InChI=1S/C12H6ClFN2O/c13-12-15-11(17-16-12)9-5-6-10(14)8-4-2-1-3-7(8)9/h1-6H. The van der Waals surface area contributed by atoms with E-state index in [1.165, 1.54) is 6.07 Å². The monoisotopic (exact) mass is 248 g/mol. The Morgan fingerprint density at radius 1 is 1.06 bits per heavy atom. The van der Waals surface area contributed by atoms with Gasteiger partial charge in [-0.25, -0.2) is 4.39 Å². The first-order valence-electron chi connectivity index (χ1n) is 4.92. The maximum atomic E-state index is 13.6. The summed E-state index contributed by atoms with van der Waals surface area (Å²) in [5.41, 5.74) is 0.668. The van der Waals surface area contributed by atoms with E-state index in [1.54, 1.807) is 24.3 Å². The molecule has 0 fully saturated rings. The molecule has 1 heterocycles. The number of fused-ring (bicyclic) bond motifs is 1. The topological polar surface area (TPSA) is 38.9 Å². The lowest BCUT2D eigenvalue weighted by Crippen LogP contribution is -1.84. The van der Waals surface area contributed by atoms with Gasteiger partial charge in [-0.15, -0.1) is 0 Å². The minimum atomic E-state index is -0.282.